The minimum Gasteiger partial charge on any atom is -0.504 e. The largest absolute Gasteiger partial charge is 0.504 e. The fourth-order valence-electron chi connectivity index (χ4n) is 3.46. The van der Waals surface area contributed by atoms with Crippen LogP contribution in [-0.2, 0) is 0 Å². The SMILES string of the molecule is COc1cc(C2c3c(oc4ccc(C)cc4c3=O)C(=O)N2C)ccc1O. The molecule has 26 heavy (non-hydrogen) atoms. The van der Waals surface area contributed by atoms with Crippen molar-refractivity contribution in [2.24, 2.45) is 0 Å². The number of carbonyl (C=O) groups is 1. The van der Waals surface area contributed by atoms with E-state index < -0.39 is 6.04 Å². The predicted molar refractivity (Wildman–Crippen MR) is 95.8 cm³/mol. The molecule has 1 aliphatic heterocycles. The van der Waals surface area contributed by atoms with Gasteiger partial charge < -0.3 is 19.2 Å². The zero-order valence-corrected chi connectivity index (χ0v) is 14.6. The van der Waals surface area contributed by atoms with Crippen LogP contribution in [0.5, 0.6) is 11.5 Å². The number of hydrogen-bond acceptors (Lipinski definition) is 5. The Hall–Kier alpha value is -3.28. The maximum atomic E-state index is 13.1. The maximum Gasteiger partial charge on any atom is 0.290 e. The van der Waals surface area contributed by atoms with E-state index in [2.05, 4.69) is 0 Å². The van der Waals surface area contributed by atoms with Crippen molar-refractivity contribution in [1.29, 1.82) is 0 Å². The number of phenols is 1. The molecule has 0 saturated heterocycles. The summed E-state index contributed by atoms with van der Waals surface area (Å²) in [5, 5.41) is 10.3. The van der Waals surface area contributed by atoms with Crippen LogP contribution in [0.3, 0.4) is 0 Å². The first-order valence-electron chi connectivity index (χ1n) is 8.13. The fraction of sp³-hybridized carbons (Fsp3) is 0.200. The van der Waals surface area contributed by atoms with Crippen LogP contribution in [0.4, 0.5) is 0 Å². The van der Waals surface area contributed by atoms with Gasteiger partial charge in [-0.2, -0.15) is 0 Å². The van der Waals surface area contributed by atoms with E-state index in [0.717, 1.165) is 5.56 Å². The Bertz CT molecular complexity index is 1120. The van der Waals surface area contributed by atoms with E-state index in [0.29, 0.717) is 22.1 Å². The molecule has 6 heteroatoms. The number of hydrogen-bond donors (Lipinski definition) is 1. The molecule has 1 aromatic heterocycles. The Balaban J connectivity index is 2.01. The van der Waals surface area contributed by atoms with Crippen molar-refractivity contribution in [3.8, 4) is 11.5 Å². The minimum absolute atomic E-state index is 0.00961. The molecule has 3 aromatic rings. The number of ether oxygens (including phenoxy) is 1. The zero-order chi connectivity index (χ0) is 18.6. The summed E-state index contributed by atoms with van der Waals surface area (Å²) >= 11 is 0. The molecule has 4 rings (SSSR count). The summed E-state index contributed by atoms with van der Waals surface area (Å²) in [5.41, 5.74) is 2.08. The number of aryl methyl sites for hydroxylation is 1. The molecular weight excluding hydrogens is 334 g/mol. The van der Waals surface area contributed by atoms with Gasteiger partial charge in [-0.1, -0.05) is 17.7 Å². The molecule has 2 aromatic carbocycles. The third-order valence-electron chi connectivity index (χ3n) is 4.78. The number of rotatable bonds is 2. The van der Waals surface area contributed by atoms with Gasteiger partial charge in [0.05, 0.1) is 24.1 Å². The fourth-order valence-corrected chi connectivity index (χ4v) is 3.46. The Labute approximate surface area is 149 Å². The molecule has 1 aliphatic rings. The highest BCUT2D eigenvalue weighted by molar-refractivity contribution is 5.98. The molecule has 1 unspecified atom stereocenters. The lowest BCUT2D eigenvalue weighted by atomic mass is 9.98. The lowest BCUT2D eigenvalue weighted by molar-refractivity contribution is 0.0771. The highest BCUT2D eigenvalue weighted by Crippen LogP contribution is 2.39. The van der Waals surface area contributed by atoms with Crippen LogP contribution in [0.1, 0.15) is 33.3 Å². The Morgan fingerprint density at radius 1 is 1.15 bits per heavy atom. The molecule has 132 valence electrons. The van der Waals surface area contributed by atoms with Gasteiger partial charge in [0, 0.05) is 7.05 Å². The van der Waals surface area contributed by atoms with Crippen LogP contribution in [0.2, 0.25) is 0 Å². The van der Waals surface area contributed by atoms with Crippen molar-refractivity contribution in [1.82, 2.24) is 4.90 Å². The van der Waals surface area contributed by atoms with Gasteiger partial charge in [0.1, 0.15) is 5.58 Å². The molecule has 0 spiro atoms. The van der Waals surface area contributed by atoms with Gasteiger partial charge in [0.2, 0.25) is 5.76 Å². The van der Waals surface area contributed by atoms with Crippen LogP contribution in [0.15, 0.2) is 45.6 Å². The van der Waals surface area contributed by atoms with Gasteiger partial charge in [-0.3, -0.25) is 9.59 Å². The van der Waals surface area contributed by atoms with Crippen LogP contribution in [0, 0.1) is 6.92 Å². The average molecular weight is 351 g/mol. The molecule has 6 nitrogen and oxygen atoms in total. The molecule has 1 atom stereocenters. The highest BCUT2D eigenvalue weighted by Gasteiger charge is 2.40. The van der Waals surface area contributed by atoms with Crippen molar-refractivity contribution in [2.75, 3.05) is 14.2 Å². The molecule has 1 amide bonds. The first kappa shape index (κ1) is 16.2. The predicted octanol–water partition coefficient (Wildman–Crippen LogP) is 2.99. The molecule has 2 heterocycles. The molecule has 1 N–H and O–H groups in total. The second-order valence-electron chi connectivity index (χ2n) is 6.42. The second kappa shape index (κ2) is 5.62. The molecular formula is C20H17NO5. The first-order chi connectivity index (χ1) is 12.4. The van der Waals surface area contributed by atoms with E-state index >= 15 is 0 Å². The third-order valence-corrected chi connectivity index (χ3v) is 4.78. The summed E-state index contributed by atoms with van der Waals surface area (Å²) in [6, 6.07) is 9.48. The Morgan fingerprint density at radius 3 is 2.65 bits per heavy atom. The Morgan fingerprint density at radius 2 is 1.92 bits per heavy atom. The number of aromatic hydroxyl groups is 1. The van der Waals surface area contributed by atoms with Crippen molar-refractivity contribution in [3.63, 3.8) is 0 Å². The number of fused-ring (bicyclic) bond motifs is 2. The van der Waals surface area contributed by atoms with Gasteiger partial charge in [-0.25, -0.2) is 0 Å². The molecule has 0 fully saturated rings. The van der Waals surface area contributed by atoms with Crippen LogP contribution in [0.25, 0.3) is 11.0 Å². The lowest BCUT2D eigenvalue weighted by Crippen LogP contribution is -2.25. The van der Waals surface area contributed by atoms with E-state index in [1.54, 1.807) is 31.3 Å². The van der Waals surface area contributed by atoms with Gasteiger partial charge in [0.15, 0.2) is 16.9 Å². The number of phenolic OH excluding ortho intramolecular Hbond substituents is 1. The minimum atomic E-state index is -0.604. The van der Waals surface area contributed by atoms with Crippen LogP contribution < -0.4 is 10.2 Å². The van der Waals surface area contributed by atoms with Crippen LogP contribution >= 0.6 is 0 Å². The van der Waals surface area contributed by atoms with E-state index in [-0.39, 0.29) is 28.6 Å². The average Bonchev–Trinajstić information content (AvgIpc) is 2.88. The number of methoxy groups -OCH3 is 1. The monoisotopic (exact) mass is 351 g/mol. The Kier molecular flexibility index (Phi) is 3.50. The van der Waals surface area contributed by atoms with Gasteiger partial charge >= 0.3 is 0 Å². The summed E-state index contributed by atoms with van der Waals surface area (Å²) in [6.45, 7) is 1.89. The number of carbonyl (C=O) groups excluding carboxylic acids is 1. The number of benzene rings is 2. The summed E-state index contributed by atoms with van der Waals surface area (Å²) < 4.78 is 10.9. The van der Waals surface area contributed by atoms with Crippen molar-refractivity contribution in [2.45, 2.75) is 13.0 Å². The van der Waals surface area contributed by atoms with Crippen molar-refractivity contribution >= 4 is 16.9 Å². The molecule has 0 saturated carbocycles. The quantitative estimate of drug-likeness (QED) is 0.768. The van der Waals surface area contributed by atoms with E-state index in [1.165, 1.54) is 18.1 Å². The molecule has 0 bridgehead atoms. The van der Waals surface area contributed by atoms with Gasteiger partial charge in [0.25, 0.3) is 5.91 Å². The van der Waals surface area contributed by atoms with Crippen molar-refractivity contribution < 1.29 is 19.1 Å². The molecule has 0 aliphatic carbocycles. The van der Waals surface area contributed by atoms with Crippen LogP contribution in [-0.4, -0.2) is 30.1 Å². The zero-order valence-electron chi connectivity index (χ0n) is 14.6. The summed E-state index contributed by atoms with van der Waals surface area (Å²) in [7, 11) is 3.07. The number of amides is 1. The van der Waals surface area contributed by atoms with Gasteiger partial charge in [-0.15, -0.1) is 0 Å². The maximum absolute atomic E-state index is 13.1. The highest BCUT2D eigenvalue weighted by atomic mass is 16.5. The third kappa shape index (κ3) is 2.19. The summed E-state index contributed by atoms with van der Waals surface area (Å²) in [5.74, 6) is -0.0232. The molecule has 0 radical (unpaired) electrons. The lowest BCUT2D eigenvalue weighted by Gasteiger charge is -2.21. The van der Waals surface area contributed by atoms with Crippen molar-refractivity contribution in [3.05, 3.63) is 69.1 Å². The standard InChI is InChI=1S/C20H17NO5/c1-10-4-7-14-12(8-10)18(23)16-17(21(2)20(24)19(16)26-14)11-5-6-13(22)15(9-11)25-3/h4-9,17,22H,1-3H3. The second-order valence-corrected chi connectivity index (χ2v) is 6.42. The summed E-state index contributed by atoms with van der Waals surface area (Å²) in [6.07, 6.45) is 0. The normalized spacial score (nSPS) is 16.2. The van der Waals surface area contributed by atoms with E-state index in [9.17, 15) is 14.7 Å². The number of nitrogens with zero attached hydrogens (tertiary/aromatic N) is 1. The smallest absolute Gasteiger partial charge is 0.290 e. The van der Waals surface area contributed by atoms with Gasteiger partial charge in [-0.05, 0) is 36.8 Å². The first-order valence-corrected chi connectivity index (χ1v) is 8.13. The van der Waals surface area contributed by atoms with E-state index in [1.807, 2.05) is 13.0 Å². The van der Waals surface area contributed by atoms with E-state index in [4.69, 9.17) is 9.15 Å². The summed E-state index contributed by atoms with van der Waals surface area (Å²) in [4.78, 5) is 27.3. The topological polar surface area (TPSA) is 80.0 Å².